The Morgan fingerprint density at radius 2 is 1.84 bits per heavy atom. The molecule has 0 bridgehead atoms. The molecule has 3 rings (SSSR count). The minimum atomic E-state index is -0.390. The molecule has 0 aliphatic heterocycles. The van der Waals surface area contributed by atoms with Gasteiger partial charge in [0.05, 0.1) is 10.7 Å². The summed E-state index contributed by atoms with van der Waals surface area (Å²) in [5, 5.41) is 6.61. The lowest BCUT2D eigenvalue weighted by molar-refractivity contribution is 0.102. The Balaban J connectivity index is 1.69. The Bertz CT molecular complexity index is 889. The van der Waals surface area contributed by atoms with E-state index in [-0.39, 0.29) is 5.69 Å². The van der Waals surface area contributed by atoms with E-state index in [4.69, 9.17) is 23.2 Å². The number of pyridine rings is 1. The zero-order valence-corrected chi connectivity index (χ0v) is 14.4. The second-order valence-electron chi connectivity index (χ2n) is 5.05. The van der Waals surface area contributed by atoms with E-state index in [0.29, 0.717) is 28.2 Å². The Hall–Kier alpha value is -2.70. The molecule has 0 radical (unpaired) electrons. The van der Waals surface area contributed by atoms with Crippen molar-refractivity contribution in [2.24, 2.45) is 0 Å². The van der Waals surface area contributed by atoms with E-state index in [1.165, 1.54) is 12.3 Å². The van der Waals surface area contributed by atoms with Crippen LogP contribution >= 0.6 is 23.2 Å². The van der Waals surface area contributed by atoms with Crippen LogP contribution in [0.2, 0.25) is 10.0 Å². The number of amides is 1. The molecule has 1 amide bonds. The van der Waals surface area contributed by atoms with E-state index >= 15 is 0 Å². The van der Waals surface area contributed by atoms with Gasteiger partial charge in [-0.15, -0.1) is 0 Å². The van der Waals surface area contributed by atoms with Crippen molar-refractivity contribution in [2.45, 2.75) is 6.54 Å². The lowest BCUT2D eigenvalue weighted by Crippen LogP contribution is -2.15. The predicted octanol–water partition coefficient (Wildman–Crippen LogP) is 4.04. The van der Waals surface area contributed by atoms with Gasteiger partial charge in [0.15, 0.2) is 0 Å². The van der Waals surface area contributed by atoms with E-state index in [0.717, 1.165) is 5.56 Å². The van der Waals surface area contributed by atoms with Gasteiger partial charge in [-0.2, -0.15) is 0 Å². The van der Waals surface area contributed by atoms with E-state index < -0.39 is 5.91 Å². The molecule has 1 aromatic carbocycles. The largest absolute Gasteiger partial charge is 0.350 e. The summed E-state index contributed by atoms with van der Waals surface area (Å²) < 4.78 is 0. The normalized spacial score (nSPS) is 10.3. The maximum atomic E-state index is 12.3. The van der Waals surface area contributed by atoms with Gasteiger partial charge in [-0.3, -0.25) is 9.78 Å². The first-order valence-corrected chi connectivity index (χ1v) is 8.09. The lowest BCUT2D eigenvalue weighted by atomic mass is 10.3. The molecule has 2 heterocycles. The molecule has 0 saturated heterocycles. The maximum absolute atomic E-state index is 12.3. The van der Waals surface area contributed by atoms with Gasteiger partial charge in [0.2, 0.25) is 5.95 Å². The molecule has 0 spiro atoms. The molecular weight excluding hydrogens is 361 g/mol. The Labute approximate surface area is 154 Å². The number of hydrogen-bond acceptors (Lipinski definition) is 5. The summed E-state index contributed by atoms with van der Waals surface area (Å²) in [4.78, 5) is 24.6. The minimum Gasteiger partial charge on any atom is -0.350 e. The van der Waals surface area contributed by atoms with Crippen LogP contribution in [-0.2, 0) is 6.54 Å². The van der Waals surface area contributed by atoms with E-state index in [1.54, 1.807) is 30.6 Å². The number of benzene rings is 1. The Kier molecular flexibility index (Phi) is 5.42. The molecule has 0 fully saturated rings. The molecule has 0 unspecified atom stereocenters. The number of hydrogen-bond donors (Lipinski definition) is 2. The summed E-state index contributed by atoms with van der Waals surface area (Å²) in [6.45, 7) is 0.524. The summed E-state index contributed by atoms with van der Waals surface area (Å²) in [6.07, 6.45) is 4.93. The third-order valence-electron chi connectivity index (χ3n) is 3.27. The number of anilines is 2. The third-order valence-corrected chi connectivity index (χ3v) is 3.82. The van der Waals surface area contributed by atoms with Crippen molar-refractivity contribution in [1.29, 1.82) is 0 Å². The molecule has 126 valence electrons. The molecule has 2 N–H and O–H groups in total. The summed E-state index contributed by atoms with van der Waals surface area (Å²) in [6, 6.07) is 10.1. The number of halogens is 2. The van der Waals surface area contributed by atoms with Crippen molar-refractivity contribution in [3.63, 3.8) is 0 Å². The van der Waals surface area contributed by atoms with E-state index in [9.17, 15) is 4.79 Å². The van der Waals surface area contributed by atoms with Crippen LogP contribution in [0.25, 0.3) is 0 Å². The molecule has 2 aromatic heterocycles. The summed E-state index contributed by atoms with van der Waals surface area (Å²) in [7, 11) is 0. The van der Waals surface area contributed by atoms with Crippen molar-refractivity contribution in [2.75, 3.05) is 10.6 Å². The predicted molar refractivity (Wildman–Crippen MR) is 98.0 cm³/mol. The van der Waals surface area contributed by atoms with Crippen molar-refractivity contribution >= 4 is 40.7 Å². The number of nitrogens with zero attached hydrogens (tertiary/aromatic N) is 3. The van der Waals surface area contributed by atoms with Crippen LogP contribution in [0.1, 0.15) is 16.1 Å². The number of carbonyl (C=O) groups is 1. The molecule has 25 heavy (non-hydrogen) atoms. The van der Waals surface area contributed by atoms with Gasteiger partial charge in [-0.25, -0.2) is 9.97 Å². The van der Waals surface area contributed by atoms with Crippen molar-refractivity contribution < 1.29 is 4.79 Å². The first kappa shape index (κ1) is 17.1. The SMILES string of the molecule is O=C(Nc1ccc(Cl)cc1Cl)c1ccnc(NCc2ccncc2)n1. The van der Waals surface area contributed by atoms with Crippen LogP contribution in [-0.4, -0.2) is 20.9 Å². The lowest BCUT2D eigenvalue weighted by Gasteiger charge is -2.08. The quantitative estimate of drug-likeness (QED) is 0.705. The van der Waals surface area contributed by atoms with Gasteiger partial charge >= 0.3 is 0 Å². The molecule has 0 atom stereocenters. The highest BCUT2D eigenvalue weighted by molar-refractivity contribution is 6.36. The maximum Gasteiger partial charge on any atom is 0.274 e. The number of carbonyl (C=O) groups excluding carboxylic acids is 1. The van der Waals surface area contributed by atoms with Gasteiger partial charge in [-0.1, -0.05) is 23.2 Å². The van der Waals surface area contributed by atoms with Crippen LogP contribution in [0.3, 0.4) is 0 Å². The Morgan fingerprint density at radius 1 is 1.04 bits per heavy atom. The monoisotopic (exact) mass is 373 g/mol. The molecular formula is C17H13Cl2N5O. The van der Waals surface area contributed by atoms with Crippen molar-refractivity contribution in [3.8, 4) is 0 Å². The summed E-state index contributed by atoms with van der Waals surface area (Å²) >= 11 is 11.9. The van der Waals surface area contributed by atoms with Gasteiger partial charge in [0, 0.05) is 30.2 Å². The zero-order chi connectivity index (χ0) is 17.6. The van der Waals surface area contributed by atoms with Crippen LogP contribution in [0.5, 0.6) is 0 Å². The van der Waals surface area contributed by atoms with Gasteiger partial charge in [-0.05, 0) is 42.0 Å². The fraction of sp³-hybridized carbons (Fsp3) is 0.0588. The van der Waals surface area contributed by atoms with Gasteiger partial charge < -0.3 is 10.6 Å². The fourth-order valence-electron chi connectivity index (χ4n) is 2.03. The topological polar surface area (TPSA) is 79.8 Å². The highest BCUT2D eigenvalue weighted by Gasteiger charge is 2.11. The van der Waals surface area contributed by atoms with Crippen molar-refractivity contribution in [1.82, 2.24) is 15.0 Å². The smallest absolute Gasteiger partial charge is 0.274 e. The minimum absolute atomic E-state index is 0.221. The number of rotatable bonds is 5. The standard InChI is InChI=1S/C17H13Cl2N5O/c18-12-1-2-14(13(19)9-12)23-16(25)15-5-8-21-17(24-15)22-10-11-3-6-20-7-4-11/h1-9H,10H2,(H,23,25)(H,21,22,24). The van der Waals surface area contributed by atoms with Crippen LogP contribution < -0.4 is 10.6 Å². The molecule has 0 saturated carbocycles. The van der Waals surface area contributed by atoms with Gasteiger partial charge in [0.25, 0.3) is 5.91 Å². The molecule has 0 aliphatic carbocycles. The number of nitrogens with one attached hydrogen (secondary N) is 2. The summed E-state index contributed by atoms with van der Waals surface area (Å²) in [5.74, 6) is -0.0368. The average molecular weight is 374 g/mol. The first-order chi connectivity index (χ1) is 12.1. The van der Waals surface area contributed by atoms with Crippen LogP contribution in [0, 0.1) is 0 Å². The summed E-state index contributed by atoms with van der Waals surface area (Å²) in [5.41, 5.74) is 1.71. The first-order valence-electron chi connectivity index (χ1n) is 7.34. The number of aromatic nitrogens is 3. The highest BCUT2D eigenvalue weighted by atomic mass is 35.5. The van der Waals surface area contributed by atoms with Crippen molar-refractivity contribution in [3.05, 3.63) is 76.3 Å². The van der Waals surface area contributed by atoms with E-state index in [1.807, 2.05) is 12.1 Å². The third kappa shape index (κ3) is 4.65. The second kappa shape index (κ2) is 7.92. The second-order valence-corrected chi connectivity index (χ2v) is 5.90. The highest BCUT2D eigenvalue weighted by Crippen LogP contribution is 2.25. The molecule has 0 aliphatic rings. The van der Waals surface area contributed by atoms with E-state index in [2.05, 4.69) is 25.6 Å². The van der Waals surface area contributed by atoms with Gasteiger partial charge in [0.1, 0.15) is 5.69 Å². The van der Waals surface area contributed by atoms with Crippen LogP contribution in [0.4, 0.5) is 11.6 Å². The molecule has 8 heteroatoms. The Morgan fingerprint density at radius 3 is 2.60 bits per heavy atom. The van der Waals surface area contributed by atoms with Crippen LogP contribution in [0.15, 0.2) is 55.0 Å². The molecule has 3 aromatic rings. The average Bonchev–Trinajstić information content (AvgIpc) is 2.63. The molecule has 6 nitrogen and oxygen atoms in total. The zero-order valence-electron chi connectivity index (χ0n) is 12.9. The fourth-order valence-corrected chi connectivity index (χ4v) is 2.49.